The SMILES string of the molecule is O=C1CCC(=O)N1C1CC2CCC(C1)N2C(=O)CCC1CCCC1. The molecule has 4 fully saturated rings. The molecule has 0 radical (unpaired) electrons. The predicted molar refractivity (Wildman–Crippen MR) is 89.0 cm³/mol. The molecule has 5 heteroatoms. The van der Waals surface area contributed by atoms with Gasteiger partial charge in [-0.15, -0.1) is 0 Å². The monoisotopic (exact) mass is 332 g/mol. The second-order valence-corrected chi connectivity index (χ2v) is 8.16. The van der Waals surface area contributed by atoms with Gasteiger partial charge in [0.05, 0.1) is 0 Å². The molecule has 2 unspecified atom stereocenters. The molecule has 4 aliphatic rings. The minimum absolute atomic E-state index is 0.00888. The fourth-order valence-electron chi connectivity index (χ4n) is 5.52. The molecule has 0 N–H and O–H groups in total. The Hall–Kier alpha value is -1.39. The first-order valence-electron chi connectivity index (χ1n) is 9.79. The molecule has 5 nitrogen and oxygen atoms in total. The summed E-state index contributed by atoms with van der Waals surface area (Å²) in [5, 5.41) is 0. The van der Waals surface area contributed by atoms with Crippen LogP contribution in [0.5, 0.6) is 0 Å². The maximum Gasteiger partial charge on any atom is 0.229 e. The van der Waals surface area contributed by atoms with Crippen molar-refractivity contribution in [2.75, 3.05) is 0 Å². The van der Waals surface area contributed by atoms with Crippen molar-refractivity contribution in [3.8, 4) is 0 Å². The zero-order chi connectivity index (χ0) is 16.7. The third kappa shape index (κ3) is 2.86. The van der Waals surface area contributed by atoms with E-state index < -0.39 is 0 Å². The van der Waals surface area contributed by atoms with Crippen molar-refractivity contribution in [3.63, 3.8) is 0 Å². The molecule has 3 saturated heterocycles. The maximum atomic E-state index is 12.8. The van der Waals surface area contributed by atoms with Crippen LogP contribution in [0.15, 0.2) is 0 Å². The number of nitrogens with zero attached hydrogens (tertiary/aromatic N) is 2. The molecular weight excluding hydrogens is 304 g/mol. The van der Waals surface area contributed by atoms with Crippen molar-refractivity contribution in [2.45, 2.75) is 95.2 Å². The van der Waals surface area contributed by atoms with Gasteiger partial charge >= 0.3 is 0 Å². The number of hydrogen-bond acceptors (Lipinski definition) is 3. The van der Waals surface area contributed by atoms with Crippen molar-refractivity contribution in [2.24, 2.45) is 5.92 Å². The van der Waals surface area contributed by atoms with Gasteiger partial charge in [-0.2, -0.15) is 0 Å². The molecular formula is C19H28N2O3. The van der Waals surface area contributed by atoms with Crippen molar-refractivity contribution in [1.29, 1.82) is 0 Å². The van der Waals surface area contributed by atoms with E-state index in [2.05, 4.69) is 4.90 Å². The summed E-state index contributed by atoms with van der Waals surface area (Å²) in [6.45, 7) is 0. The average molecular weight is 332 g/mol. The molecule has 2 atom stereocenters. The first-order valence-corrected chi connectivity index (χ1v) is 9.79. The van der Waals surface area contributed by atoms with E-state index in [4.69, 9.17) is 0 Å². The van der Waals surface area contributed by atoms with Gasteiger partial charge in [0, 0.05) is 37.4 Å². The van der Waals surface area contributed by atoms with Gasteiger partial charge in [0.1, 0.15) is 0 Å². The van der Waals surface area contributed by atoms with Crippen LogP contribution in [0.25, 0.3) is 0 Å². The van der Waals surface area contributed by atoms with Crippen LogP contribution < -0.4 is 0 Å². The molecule has 0 aromatic heterocycles. The third-order valence-electron chi connectivity index (χ3n) is 6.69. The molecule has 3 amide bonds. The van der Waals surface area contributed by atoms with Crippen LogP contribution in [0.3, 0.4) is 0 Å². The lowest BCUT2D eigenvalue weighted by Gasteiger charge is -2.41. The molecule has 0 spiro atoms. The number of fused-ring (bicyclic) bond motifs is 2. The van der Waals surface area contributed by atoms with E-state index in [1.807, 2.05) is 0 Å². The summed E-state index contributed by atoms with van der Waals surface area (Å²) in [7, 11) is 0. The summed E-state index contributed by atoms with van der Waals surface area (Å²) in [6.07, 6.45) is 11.4. The molecule has 3 heterocycles. The number of rotatable bonds is 4. The fourth-order valence-corrected chi connectivity index (χ4v) is 5.52. The van der Waals surface area contributed by atoms with Gasteiger partial charge in [0.2, 0.25) is 17.7 Å². The predicted octanol–water partition coefficient (Wildman–Crippen LogP) is 2.63. The highest BCUT2D eigenvalue weighted by molar-refractivity contribution is 6.02. The van der Waals surface area contributed by atoms with Gasteiger partial charge in [-0.25, -0.2) is 0 Å². The quantitative estimate of drug-likeness (QED) is 0.744. The number of imide groups is 1. The summed E-state index contributed by atoms with van der Waals surface area (Å²) in [6, 6.07) is 0.515. The first-order chi connectivity index (χ1) is 11.6. The second kappa shape index (κ2) is 6.49. The molecule has 0 aromatic rings. The Balaban J connectivity index is 1.37. The molecule has 1 aliphatic carbocycles. The first kappa shape index (κ1) is 16.1. The third-order valence-corrected chi connectivity index (χ3v) is 6.69. The van der Waals surface area contributed by atoms with Crippen LogP contribution in [0.2, 0.25) is 0 Å². The zero-order valence-corrected chi connectivity index (χ0v) is 14.4. The molecule has 24 heavy (non-hydrogen) atoms. The summed E-state index contributed by atoms with van der Waals surface area (Å²) in [5.74, 6) is 1.05. The number of likely N-dealkylation sites (tertiary alicyclic amines) is 1. The molecule has 2 bridgehead atoms. The van der Waals surface area contributed by atoms with E-state index in [9.17, 15) is 14.4 Å². The van der Waals surface area contributed by atoms with E-state index in [-0.39, 0.29) is 29.9 Å². The second-order valence-electron chi connectivity index (χ2n) is 8.16. The van der Waals surface area contributed by atoms with Gasteiger partial charge in [0.25, 0.3) is 0 Å². The molecule has 3 aliphatic heterocycles. The standard InChI is InChI=1S/C19H28N2O3/c22-17(8-5-13-3-1-2-4-13)20-14-6-7-15(20)12-16(11-14)21-18(23)9-10-19(21)24/h13-16H,1-12H2. The van der Waals surface area contributed by atoms with Crippen LogP contribution >= 0.6 is 0 Å². The lowest BCUT2D eigenvalue weighted by atomic mass is 9.94. The van der Waals surface area contributed by atoms with Crippen molar-refractivity contribution < 1.29 is 14.4 Å². The summed E-state index contributed by atoms with van der Waals surface area (Å²) < 4.78 is 0. The van der Waals surface area contributed by atoms with Crippen LogP contribution in [-0.2, 0) is 14.4 Å². The van der Waals surface area contributed by atoms with Crippen molar-refractivity contribution in [1.82, 2.24) is 9.80 Å². The average Bonchev–Trinajstić information content (AvgIpc) is 3.25. The van der Waals surface area contributed by atoms with E-state index in [1.165, 1.54) is 30.6 Å². The van der Waals surface area contributed by atoms with E-state index in [0.29, 0.717) is 25.2 Å². The van der Waals surface area contributed by atoms with E-state index in [0.717, 1.165) is 38.0 Å². The molecule has 4 rings (SSSR count). The van der Waals surface area contributed by atoms with Gasteiger partial charge in [0.15, 0.2) is 0 Å². The Bertz CT molecular complexity index is 511. The molecule has 0 aromatic carbocycles. The lowest BCUT2D eigenvalue weighted by Crippen LogP contribution is -2.53. The number of piperidine rings is 1. The minimum Gasteiger partial charge on any atom is -0.337 e. The summed E-state index contributed by atoms with van der Waals surface area (Å²) in [4.78, 5) is 40.4. The normalized spacial score (nSPS) is 33.8. The lowest BCUT2D eigenvalue weighted by molar-refractivity contribution is -0.144. The zero-order valence-electron chi connectivity index (χ0n) is 14.4. The van der Waals surface area contributed by atoms with Gasteiger partial charge in [-0.1, -0.05) is 25.7 Å². The van der Waals surface area contributed by atoms with Crippen LogP contribution in [0.4, 0.5) is 0 Å². The van der Waals surface area contributed by atoms with Crippen LogP contribution in [0.1, 0.15) is 77.0 Å². The minimum atomic E-state index is -0.00888. The van der Waals surface area contributed by atoms with Crippen molar-refractivity contribution in [3.05, 3.63) is 0 Å². The van der Waals surface area contributed by atoms with Gasteiger partial charge in [-0.05, 0) is 38.0 Å². The van der Waals surface area contributed by atoms with Gasteiger partial charge < -0.3 is 4.90 Å². The summed E-state index contributed by atoms with van der Waals surface area (Å²) >= 11 is 0. The van der Waals surface area contributed by atoms with E-state index >= 15 is 0 Å². The molecule has 132 valence electrons. The molecule has 1 saturated carbocycles. The topological polar surface area (TPSA) is 57.7 Å². The largest absolute Gasteiger partial charge is 0.337 e. The van der Waals surface area contributed by atoms with Crippen molar-refractivity contribution >= 4 is 17.7 Å². The Labute approximate surface area is 143 Å². The Morgan fingerprint density at radius 2 is 1.46 bits per heavy atom. The summed E-state index contributed by atoms with van der Waals surface area (Å²) in [5.41, 5.74) is 0. The fraction of sp³-hybridized carbons (Fsp3) is 0.842. The van der Waals surface area contributed by atoms with E-state index in [1.54, 1.807) is 0 Å². The Kier molecular flexibility index (Phi) is 4.35. The Morgan fingerprint density at radius 1 is 0.875 bits per heavy atom. The highest BCUT2D eigenvalue weighted by atomic mass is 16.2. The number of hydrogen-bond donors (Lipinski definition) is 0. The highest BCUT2D eigenvalue weighted by Crippen LogP contribution is 2.40. The van der Waals surface area contributed by atoms with Gasteiger partial charge in [-0.3, -0.25) is 19.3 Å². The van der Waals surface area contributed by atoms with Crippen LogP contribution in [-0.4, -0.2) is 45.6 Å². The van der Waals surface area contributed by atoms with Crippen LogP contribution in [0, 0.1) is 5.92 Å². The number of amides is 3. The maximum absolute atomic E-state index is 12.8. The number of carbonyl (C=O) groups excluding carboxylic acids is 3. The number of carbonyl (C=O) groups is 3. The Morgan fingerprint density at radius 3 is 2.04 bits per heavy atom. The highest BCUT2D eigenvalue weighted by Gasteiger charge is 2.47. The smallest absolute Gasteiger partial charge is 0.229 e.